The normalized spacial score (nSPS) is 19.9. The van der Waals surface area contributed by atoms with E-state index in [2.05, 4.69) is 26.6 Å². The molecule has 1 aliphatic rings. The van der Waals surface area contributed by atoms with Crippen molar-refractivity contribution in [1.29, 1.82) is 0 Å². The molecule has 1 aliphatic heterocycles. The Labute approximate surface area is 96.1 Å². The van der Waals surface area contributed by atoms with Crippen LogP contribution < -0.4 is 10.6 Å². The van der Waals surface area contributed by atoms with Gasteiger partial charge in [-0.2, -0.15) is 0 Å². The van der Waals surface area contributed by atoms with Gasteiger partial charge >= 0.3 is 0 Å². The number of methoxy groups -OCH3 is 1. The van der Waals surface area contributed by atoms with Crippen LogP contribution in [0, 0.1) is 0 Å². The van der Waals surface area contributed by atoms with Gasteiger partial charge in [-0.05, 0) is 18.2 Å². The summed E-state index contributed by atoms with van der Waals surface area (Å²) in [4.78, 5) is 11.6. The first-order chi connectivity index (χ1) is 7.20. The van der Waals surface area contributed by atoms with Crippen molar-refractivity contribution in [1.82, 2.24) is 0 Å². The Kier molecular flexibility index (Phi) is 2.93. The molecular formula is C10H11BrN2O2. The molecule has 0 saturated carbocycles. The average Bonchev–Trinajstić information content (AvgIpc) is 2.35. The lowest BCUT2D eigenvalue weighted by Crippen LogP contribution is -2.32. The zero-order valence-electron chi connectivity index (χ0n) is 8.21. The maximum absolute atomic E-state index is 11.6. The molecule has 5 heteroatoms. The standard InChI is InChI=1S/C10H11BrN2O2/c1-15-9-5-12-7-3-2-6(11)4-8(7)13-10(9)14/h2-4,9,12H,5H2,1H3,(H,13,14). The van der Waals surface area contributed by atoms with Crippen LogP contribution in [0.3, 0.4) is 0 Å². The number of rotatable bonds is 1. The Morgan fingerprint density at radius 3 is 3.00 bits per heavy atom. The van der Waals surface area contributed by atoms with Crippen LogP contribution in [0.2, 0.25) is 0 Å². The highest BCUT2D eigenvalue weighted by Gasteiger charge is 2.22. The van der Waals surface area contributed by atoms with Crippen molar-refractivity contribution in [3.05, 3.63) is 22.7 Å². The fraction of sp³-hybridized carbons (Fsp3) is 0.300. The van der Waals surface area contributed by atoms with Crippen molar-refractivity contribution >= 4 is 33.2 Å². The van der Waals surface area contributed by atoms with E-state index in [-0.39, 0.29) is 5.91 Å². The summed E-state index contributed by atoms with van der Waals surface area (Å²) < 4.78 is 5.99. The quantitative estimate of drug-likeness (QED) is 0.819. The zero-order chi connectivity index (χ0) is 10.8. The van der Waals surface area contributed by atoms with Gasteiger partial charge in [-0.25, -0.2) is 0 Å². The third-order valence-corrected chi connectivity index (χ3v) is 2.79. The number of hydrogen-bond donors (Lipinski definition) is 2. The van der Waals surface area contributed by atoms with Gasteiger partial charge in [0.15, 0.2) is 6.10 Å². The van der Waals surface area contributed by atoms with E-state index in [0.717, 1.165) is 15.8 Å². The van der Waals surface area contributed by atoms with Crippen LogP contribution in [0.15, 0.2) is 22.7 Å². The second kappa shape index (κ2) is 4.20. The first-order valence-electron chi connectivity index (χ1n) is 4.58. The summed E-state index contributed by atoms with van der Waals surface area (Å²) in [7, 11) is 1.53. The lowest BCUT2D eigenvalue weighted by atomic mass is 10.2. The number of amides is 1. The minimum absolute atomic E-state index is 0.123. The van der Waals surface area contributed by atoms with Crippen LogP contribution in [0.1, 0.15) is 0 Å². The first kappa shape index (κ1) is 10.4. The number of ether oxygens (including phenoxy) is 1. The molecule has 1 amide bonds. The molecule has 80 valence electrons. The number of nitrogens with one attached hydrogen (secondary N) is 2. The molecule has 1 aromatic carbocycles. The Hall–Kier alpha value is -1.07. The smallest absolute Gasteiger partial charge is 0.255 e. The molecular weight excluding hydrogens is 260 g/mol. The van der Waals surface area contributed by atoms with Crippen LogP contribution in [-0.2, 0) is 9.53 Å². The molecule has 0 aromatic heterocycles. The minimum Gasteiger partial charge on any atom is -0.380 e. The molecule has 1 heterocycles. The summed E-state index contributed by atoms with van der Waals surface area (Å²) in [5.41, 5.74) is 1.68. The Balaban J connectivity index is 2.31. The molecule has 0 fully saturated rings. The van der Waals surface area contributed by atoms with Crippen LogP contribution in [0.4, 0.5) is 11.4 Å². The van der Waals surface area contributed by atoms with E-state index in [4.69, 9.17) is 4.74 Å². The Morgan fingerprint density at radius 2 is 2.27 bits per heavy atom. The van der Waals surface area contributed by atoms with Crippen LogP contribution in [0.25, 0.3) is 0 Å². The fourth-order valence-electron chi connectivity index (χ4n) is 1.47. The van der Waals surface area contributed by atoms with Crippen LogP contribution >= 0.6 is 15.9 Å². The van der Waals surface area contributed by atoms with E-state index in [1.165, 1.54) is 7.11 Å². The second-order valence-electron chi connectivity index (χ2n) is 3.28. The second-order valence-corrected chi connectivity index (χ2v) is 4.20. The highest BCUT2D eigenvalue weighted by atomic mass is 79.9. The van der Waals surface area contributed by atoms with Gasteiger partial charge in [0.05, 0.1) is 17.9 Å². The molecule has 0 saturated heterocycles. The molecule has 0 spiro atoms. The van der Waals surface area contributed by atoms with E-state index >= 15 is 0 Å². The highest BCUT2D eigenvalue weighted by Crippen LogP contribution is 2.27. The average molecular weight is 271 g/mol. The maximum atomic E-state index is 11.6. The highest BCUT2D eigenvalue weighted by molar-refractivity contribution is 9.10. The number of benzene rings is 1. The Morgan fingerprint density at radius 1 is 1.47 bits per heavy atom. The third-order valence-electron chi connectivity index (χ3n) is 2.29. The van der Waals surface area contributed by atoms with E-state index < -0.39 is 6.10 Å². The van der Waals surface area contributed by atoms with Gasteiger partial charge in [0.2, 0.25) is 0 Å². The van der Waals surface area contributed by atoms with E-state index in [0.29, 0.717) is 6.54 Å². The molecule has 1 aromatic rings. The van der Waals surface area contributed by atoms with E-state index in [9.17, 15) is 4.79 Å². The monoisotopic (exact) mass is 270 g/mol. The molecule has 2 N–H and O–H groups in total. The van der Waals surface area contributed by atoms with Gasteiger partial charge in [0.25, 0.3) is 5.91 Å². The van der Waals surface area contributed by atoms with Crippen LogP contribution in [-0.4, -0.2) is 25.7 Å². The summed E-state index contributed by atoms with van der Waals surface area (Å²) in [5.74, 6) is -0.123. The molecule has 4 nitrogen and oxygen atoms in total. The van der Waals surface area contributed by atoms with Crippen molar-refractivity contribution in [2.75, 3.05) is 24.3 Å². The molecule has 1 atom stereocenters. The Bertz CT molecular complexity index is 395. The summed E-state index contributed by atoms with van der Waals surface area (Å²) in [6.45, 7) is 0.483. The molecule has 1 unspecified atom stereocenters. The molecule has 0 aliphatic carbocycles. The van der Waals surface area contributed by atoms with Gasteiger partial charge in [-0.3, -0.25) is 4.79 Å². The number of carbonyl (C=O) groups excluding carboxylic acids is 1. The maximum Gasteiger partial charge on any atom is 0.255 e. The summed E-state index contributed by atoms with van der Waals surface area (Å²) >= 11 is 3.36. The topological polar surface area (TPSA) is 50.4 Å². The largest absolute Gasteiger partial charge is 0.380 e. The minimum atomic E-state index is -0.448. The number of anilines is 2. The van der Waals surface area contributed by atoms with Gasteiger partial charge in [0, 0.05) is 11.6 Å². The SMILES string of the molecule is COC1CNc2ccc(Br)cc2NC1=O. The summed E-state index contributed by atoms with van der Waals surface area (Å²) in [5, 5.41) is 5.96. The van der Waals surface area contributed by atoms with Crippen molar-refractivity contribution in [2.24, 2.45) is 0 Å². The van der Waals surface area contributed by atoms with Crippen molar-refractivity contribution in [2.45, 2.75) is 6.10 Å². The van der Waals surface area contributed by atoms with Crippen LogP contribution in [0.5, 0.6) is 0 Å². The van der Waals surface area contributed by atoms with Gasteiger partial charge in [0.1, 0.15) is 0 Å². The molecule has 0 bridgehead atoms. The van der Waals surface area contributed by atoms with Crippen molar-refractivity contribution in [3.63, 3.8) is 0 Å². The number of hydrogen-bond acceptors (Lipinski definition) is 3. The van der Waals surface area contributed by atoms with Crippen molar-refractivity contribution < 1.29 is 9.53 Å². The van der Waals surface area contributed by atoms with E-state index in [1.54, 1.807) is 0 Å². The lowest BCUT2D eigenvalue weighted by Gasteiger charge is -2.09. The molecule has 15 heavy (non-hydrogen) atoms. The van der Waals surface area contributed by atoms with Crippen molar-refractivity contribution in [3.8, 4) is 0 Å². The molecule has 0 radical (unpaired) electrons. The predicted octanol–water partition coefficient (Wildman–Crippen LogP) is 1.83. The summed E-state index contributed by atoms with van der Waals surface area (Å²) in [6.07, 6.45) is -0.448. The number of fused-ring (bicyclic) bond motifs is 1. The third kappa shape index (κ3) is 2.13. The number of halogens is 1. The van der Waals surface area contributed by atoms with Gasteiger partial charge < -0.3 is 15.4 Å². The summed E-state index contributed by atoms with van der Waals surface area (Å²) in [6, 6.07) is 5.70. The van der Waals surface area contributed by atoms with Gasteiger partial charge in [-0.15, -0.1) is 0 Å². The number of carbonyl (C=O) groups is 1. The lowest BCUT2D eigenvalue weighted by molar-refractivity contribution is -0.124. The molecule has 2 rings (SSSR count). The fourth-order valence-corrected chi connectivity index (χ4v) is 1.83. The van der Waals surface area contributed by atoms with Gasteiger partial charge in [-0.1, -0.05) is 15.9 Å². The predicted molar refractivity (Wildman–Crippen MR) is 62.1 cm³/mol. The first-order valence-corrected chi connectivity index (χ1v) is 5.37. The zero-order valence-corrected chi connectivity index (χ0v) is 9.80. The van der Waals surface area contributed by atoms with E-state index in [1.807, 2.05) is 18.2 Å².